The average molecular weight is 454 g/mol. The van der Waals surface area contributed by atoms with E-state index in [9.17, 15) is 14.4 Å². The van der Waals surface area contributed by atoms with Crippen LogP contribution in [0.15, 0.2) is 78.9 Å². The number of Topliss-reactive ketones (excluding diaryl/α,β-unsaturated/α-hetero) is 1. The number of primary amides is 1. The molecule has 0 fully saturated rings. The Labute approximate surface area is 195 Å². The number of rotatable bonds is 8. The van der Waals surface area contributed by atoms with Gasteiger partial charge < -0.3 is 11.1 Å². The third-order valence-corrected chi connectivity index (χ3v) is 5.15. The number of nitrogens with zero attached hydrogens (tertiary/aromatic N) is 4. The first-order valence-corrected chi connectivity index (χ1v) is 10.6. The lowest BCUT2D eigenvalue weighted by Crippen LogP contribution is -2.47. The third kappa shape index (κ3) is 5.04. The molecule has 1 atom stereocenters. The highest BCUT2D eigenvalue weighted by Crippen LogP contribution is 2.17. The van der Waals surface area contributed by atoms with Crippen molar-refractivity contribution in [3.8, 4) is 17.1 Å². The standard InChI is InChI=1S/C25H22N6O3/c1-16-14-21(25(34)27-20(23(32)24(26)33)15-17-8-4-2-5-9-17)31(30-16)22-13-12-19(28-29-22)18-10-6-3-7-11-18/h2-14,20H,15H2,1H3,(H2,26,33)(H,27,34). The number of carbonyl (C=O) groups is 3. The smallest absolute Gasteiger partial charge is 0.287 e. The first kappa shape index (κ1) is 22.5. The van der Waals surface area contributed by atoms with Crippen LogP contribution >= 0.6 is 0 Å². The van der Waals surface area contributed by atoms with E-state index in [-0.39, 0.29) is 12.1 Å². The van der Waals surface area contributed by atoms with Crippen molar-refractivity contribution in [2.24, 2.45) is 5.73 Å². The van der Waals surface area contributed by atoms with E-state index in [0.29, 0.717) is 17.2 Å². The zero-order chi connectivity index (χ0) is 24.1. The van der Waals surface area contributed by atoms with Crippen molar-refractivity contribution in [1.29, 1.82) is 0 Å². The van der Waals surface area contributed by atoms with Crippen LogP contribution in [0.3, 0.4) is 0 Å². The third-order valence-electron chi connectivity index (χ3n) is 5.15. The molecule has 0 aliphatic heterocycles. The van der Waals surface area contributed by atoms with Crippen molar-refractivity contribution in [1.82, 2.24) is 25.3 Å². The summed E-state index contributed by atoms with van der Waals surface area (Å²) in [5, 5.41) is 15.4. The Morgan fingerprint density at radius 1 is 0.941 bits per heavy atom. The molecule has 0 aliphatic rings. The lowest BCUT2D eigenvalue weighted by molar-refractivity contribution is -0.137. The quantitative estimate of drug-likeness (QED) is 0.392. The van der Waals surface area contributed by atoms with Gasteiger partial charge in [0.1, 0.15) is 11.7 Å². The number of amides is 2. The Bertz CT molecular complexity index is 1320. The number of benzene rings is 2. The summed E-state index contributed by atoms with van der Waals surface area (Å²) in [4.78, 5) is 37.1. The van der Waals surface area contributed by atoms with Crippen molar-refractivity contribution < 1.29 is 14.4 Å². The lowest BCUT2D eigenvalue weighted by atomic mass is 10.0. The van der Waals surface area contributed by atoms with E-state index < -0.39 is 23.6 Å². The minimum atomic E-state index is -1.12. The molecule has 2 heterocycles. The van der Waals surface area contributed by atoms with Gasteiger partial charge in [0.05, 0.1) is 11.4 Å². The van der Waals surface area contributed by atoms with Gasteiger partial charge in [-0.15, -0.1) is 10.2 Å². The second-order valence-electron chi connectivity index (χ2n) is 7.67. The number of carbonyl (C=O) groups excluding carboxylic acids is 3. The predicted molar refractivity (Wildman–Crippen MR) is 125 cm³/mol. The fourth-order valence-corrected chi connectivity index (χ4v) is 3.50. The summed E-state index contributed by atoms with van der Waals surface area (Å²) in [7, 11) is 0. The van der Waals surface area contributed by atoms with Gasteiger partial charge in [0, 0.05) is 12.0 Å². The number of hydrogen-bond acceptors (Lipinski definition) is 6. The Morgan fingerprint density at radius 2 is 1.62 bits per heavy atom. The minimum absolute atomic E-state index is 0.118. The Balaban J connectivity index is 1.60. The summed E-state index contributed by atoms with van der Waals surface area (Å²) in [6.07, 6.45) is 0.118. The maximum Gasteiger partial charge on any atom is 0.287 e. The molecule has 2 aromatic carbocycles. The zero-order valence-corrected chi connectivity index (χ0v) is 18.4. The van der Waals surface area contributed by atoms with Crippen LogP contribution in [0.5, 0.6) is 0 Å². The van der Waals surface area contributed by atoms with Crippen LogP contribution in [-0.4, -0.2) is 43.6 Å². The molecule has 34 heavy (non-hydrogen) atoms. The van der Waals surface area contributed by atoms with Crippen LogP contribution in [0.1, 0.15) is 21.7 Å². The molecular formula is C25H22N6O3. The summed E-state index contributed by atoms with van der Waals surface area (Å²) in [6, 6.07) is 22.5. The minimum Gasteiger partial charge on any atom is -0.363 e. The van der Waals surface area contributed by atoms with E-state index >= 15 is 0 Å². The highest BCUT2D eigenvalue weighted by molar-refractivity contribution is 6.38. The molecule has 2 amide bonds. The highest BCUT2D eigenvalue weighted by Gasteiger charge is 2.27. The van der Waals surface area contributed by atoms with E-state index in [0.717, 1.165) is 11.1 Å². The van der Waals surface area contributed by atoms with Crippen molar-refractivity contribution in [2.75, 3.05) is 0 Å². The lowest BCUT2D eigenvalue weighted by Gasteiger charge is -2.16. The number of hydrogen-bond donors (Lipinski definition) is 2. The van der Waals surface area contributed by atoms with Gasteiger partial charge in [-0.1, -0.05) is 60.7 Å². The SMILES string of the molecule is Cc1cc(C(=O)NC(Cc2ccccc2)C(=O)C(N)=O)n(-c2ccc(-c3ccccc3)nn2)n1. The molecule has 3 N–H and O–H groups in total. The summed E-state index contributed by atoms with van der Waals surface area (Å²) in [5.74, 6) is -2.26. The molecule has 0 aliphatic carbocycles. The molecule has 0 saturated carbocycles. The van der Waals surface area contributed by atoms with Gasteiger partial charge in [-0.2, -0.15) is 5.10 Å². The van der Waals surface area contributed by atoms with E-state index in [2.05, 4.69) is 20.6 Å². The van der Waals surface area contributed by atoms with E-state index in [4.69, 9.17) is 5.73 Å². The first-order valence-electron chi connectivity index (χ1n) is 10.6. The van der Waals surface area contributed by atoms with E-state index in [1.807, 2.05) is 36.4 Å². The summed E-state index contributed by atoms with van der Waals surface area (Å²) in [5.41, 5.74) is 8.29. The summed E-state index contributed by atoms with van der Waals surface area (Å²) in [6.45, 7) is 1.73. The molecule has 0 bridgehead atoms. The number of nitrogens with one attached hydrogen (secondary N) is 1. The van der Waals surface area contributed by atoms with E-state index in [1.54, 1.807) is 49.4 Å². The van der Waals surface area contributed by atoms with Crippen LogP contribution in [-0.2, 0) is 16.0 Å². The van der Waals surface area contributed by atoms with Gasteiger partial charge in [0.25, 0.3) is 11.8 Å². The molecule has 170 valence electrons. The highest BCUT2D eigenvalue weighted by atomic mass is 16.2. The largest absolute Gasteiger partial charge is 0.363 e. The normalized spacial score (nSPS) is 11.6. The maximum atomic E-state index is 13.1. The number of aryl methyl sites for hydroxylation is 1. The first-order chi connectivity index (χ1) is 16.4. The van der Waals surface area contributed by atoms with Crippen molar-refractivity contribution in [2.45, 2.75) is 19.4 Å². The summed E-state index contributed by atoms with van der Waals surface area (Å²) >= 11 is 0. The molecule has 9 nitrogen and oxygen atoms in total. The fraction of sp³-hybridized carbons (Fsp3) is 0.120. The molecule has 0 radical (unpaired) electrons. The van der Waals surface area contributed by atoms with Crippen LogP contribution in [0, 0.1) is 6.92 Å². The monoisotopic (exact) mass is 454 g/mol. The van der Waals surface area contributed by atoms with E-state index in [1.165, 1.54) is 4.68 Å². The van der Waals surface area contributed by atoms with Gasteiger partial charge in [-0.25, -0.2) is 4.68 Å². The molecule has 0 saturated heterocycles. The molecular weight excluding hydrogens is 432 g/mol. The van der Waals surface area contributed by atoms with Crippen molar-refractivity contribution >= 4 is 17.6 Å². The molecule has 0 spiro atoms. The zero-order valence-electron chi connectivity index (χ0n) is 18.4. The molecule has 1 unspecified atom stereocenters. The predicted octanol–water partition coefficient (Wildman–Crippen LogP) is 2.03. The Morgan fingerprint density at radius 3 is 2.24 bits per heavy atom. The Kier molecular flexibility index (Phi) is 6.54. The van der Waals surface area contributed by atoms with Gasteiger partial charge in [0.2, 0.25) is 5.78 Å². The Hall–Kier alpha value is -4.66. The molecule has 4 aromatic rings. The number of aromatic nitrogens is 4. The van der Waals surface area contributed by atoms with Gasteiger partial charge >= 0.3 is 0 Å². The molecule has 4 rings (SSSR count). The fourth-order valence-electron chi connectivity index (χ4n) is 3.50. The van der Waals surface area contributed by atoms with Crippen LogP contribution in [0.4, 0.5) is 0 Å². The topological polar surface area (TPSA) is 133 Å². The summed E-state index contributed by atoms with van der Waals surface area (Å²) < 4.78 is 1.35. The van der Waals surface area contributed by atoms with Gasteiger partial charge in [0.15, 0.2) is 5.82 Å². The maximum absolute atomic E-state index is 13.1. The second-order valence-corrected chi connectivity index (χ2v) is 7.67. The number of nitrogens with two attached hydrogens (primary N) is 1. The average Bonchev–Trinajstić information content (AvgIpc) is 3.26. The molecule has 9 heteroatoms. The van der Waals surface area contributed by atoms with Crippen LogP contribution in [0.25, 0.3) is 17.1 Å². The van der Waals surface area contributed by atoms with Crippen LogP contribution in [0.2, 0.25) is 0 Å². The second kappa shape index (κ2) is 9.86. The van der Waals surface area contributed by atoms with Crippen LogP contribution < -0.4 is 11.1 Å². The van der Waals surface area contributed by atoms with Gasteiger partial charge in [-0.3, -0.25) is 14.4 Å². The number of ketones is 1. The van der Waals surface area contributed by atoms with Gasteiger partial charge in [-0.05, 0) is 30.7 Å². The van der Waals surface area contributed by atoms with Crippen molar-refractivity contribution in [3.63, 3.8) is 0 Å². The molecule has 2 aromatic heterocycles. The van der Waals surface area contributed by atoms with Crippen molar-refractivity contribution in [3.05, 3.63) is 95.8 Å².